The molecule has 0 spiro atoms. The Kier molecular flexibility index (Phi) is 3.44. The molecule has 0 aliphatic heterocycles. The van der Waals surface area contributed by atoms with E-state index in [2.05, 4.69) is 39.6 Å². The van der Waals surface area contributed by atoms with Crippen LogP contribution in [0.15, 0.2) is 55.0 Å². The molecule has 1 unspecified atom stereocenters. The first-order valence-electron chi connectivity index (χ1n) is 6.72. The van der Waals surface area contributed by atoms with Crippen molar-refractivity contribution in [2.24, 2.45) is 0 Å². The van der Waals surface area contributed by atoms with Gasteiger partial charge in [-0.25, -0.2) is 0 Å². The van der Waals surface area contributed by atoms with Crippen molar-refractivity contribution >= 4 is 10.8 Å². The summed E-state index contributed by atoms with van der Waals surface area (Å²) in [6.07, 6.45) is 5.76. The molecule has 0 radical (unpaired) electrons. The summed E-state index contributed by atoms with van der Waals surface area (Å²) in [5.74, 6) is 0. The third-order valence-electron chi connectivity index (χ3n) is 3.57. The van der Waals surface area contributed by atoms with E-state index in [1.165, 1.54) is 10.9 Å². The van der Waals surface area contributed by atoms with E-state index in [0.717, 1.165) is 16.6 Å². The molecule has 0 aliphatic rings. The number of fused-ring (bicyclic) bond motifs is 1. The summed E-state index contributed by atoms with van der Waals surface area (Å²) in [6, 6.07) is 12.6. The molecule has 1 N–H and O–H groups in total. The van der Waals surface area contributed by atoms with Crippen molar-refractivity contribution in [1.29, 1.82) is 0 Å². The minimum Gasteiger partial charge on any atom is -0.309 e. The molecular weight excluding hydrogens is 246 g/mol. The average molecular weight is 263 g/mol. The van der Waals surface area contributed by atoms with Crippen molar-refractivity contribution in [3.05, 3.63) is 71.8 Å². The van der Waals surface area contributed by atoms with Crippen LogP contribution in [-0.4, -0.2) is 17.0 Å². The maximum atomic E-state index is 4.39. The van der Waals surface area contributed by atoms with Crippen molar-refractivity contribution in [3.8, 4) is 0 Å². The molecular formula is C17H17N3. The summed E-state index contributed by atoms with van der Waals surface area (Å²) < 4.78 is 0. The van der Waals surface area contributed by atoms with Gasteiger partial charge in [-0.2, -0.15) is 0 Å². The monoisotopic (exact) mass is 263 g/mol. The zero-order chi connectivity index (χ0) is 13.9. The van der Waals surface area contributed by atoms with Gasteiger partial charge in [-0.1, -0.05) is 30.3 Å². The molecule has 20 heavy (non-hydrogen) atoms. The molecule has 1 aromatic carbocycles. The van der Waals surface area contributed by atoms with Gasteiger partial charge in [0.2, 0.25) is 0 Å². The van der Waals surface area contributed by atoms with Crippen LogP contribution in [0.3, 0.4) is 0 Å². The van der Waals surface area contributed by atoms with E-state index >= 15 is 0 Å². The maximum Gasteiger partial charge on any atom is 0.0610 e. The van der Waals surface area contributed by atoms with Gasteiger partial charge in [0, 0.05) is 29.7 Å². The van der Waals surface area contributed by atoms with Crippen molar-refractivity contribution < 1.29 is 0 Å². The van der Waals surface area contributed by atoms with E-state index in [1.54, 1.807) is 0 Å². The number of aryl methyl sites for hydroxylation is 1. The zero-order valence-corrected chi connectivity index (χ0v) is 11.7. The van der Waals surface area contributed by atoms with Crippen molar-refractivity contribution in [2.45, 2.75) is 13.0 Å². The smallest absolute Gasteiger partial charge is 0.0610 e. The number of nitrogens with zero attached hydrogens (tertiary/aromatic N) is 2. The predicted molar refractivity (Wildman–Crippen MR) is 81.6 cm³/mol. The average Bonchev–Trinajstić information content (AvgIpc) is 2.50. The minimum atomic E-state index is 0.0988. The van der Waals surface area contributed by atoms with E-state index in [-0.39, 0.29) is 6.04 Å². The topological polar surface area (TPSA) is 37.8 Å². The SMILES string of the molecule is CNC(c1ccc(C)nc1)c1cncc2ccccc12. The molecule has 0 saturated carbocycles. The second-order valence-electron chi connectivity index (χ2n) is 4.90. The van der Waals surface area contributed by atoms with Crippen LogP contribution in [0.1, 0.15) is 22.9 Å². The van der Waals surface area contributed by atoms with Gasteiger partial charge in [-0.3, -0.25) is 9.97 Å². The Labute approximate surface area is 118 Å². The van der Waals surface area contributed by atoms with Gasteiger partial charge in [0.1, 0.15) is 0 Å². The summed E-state index contributed by atoms with van der Waals surface area (Å²) in [7, 11) is 1.96. The molecule has 3 aromatic rings. The van der Waals surface area contributed by atoms with Crippen LogP contribution in [0.5, 0.6) is 0 Å². The third kappa shape index (κ3) is 2.28. The van der Waals surface area contributed by atoms with Crippen molar-refractivity contribution in [1.82, 2.24) is 15.3 Å². The van der Waals surface area contributed by atoms with Crippen LogP contribution in [0.2, 0.25) is 0 Å². The van der Waals surface area contributed by atoms with Crippen LogP contribution in [0, 0.1) is 6.92 Å². The molecule has 3 rings (SSSR count). The lowest BCUT2D eigenvalue weighted by Crippen LogP contribution is -2.18. The molecule has 3 heteroatoms. The molecule has 0 saturated heterocycles. The standard InChI is InChI=1S/C17H17N3/c1-12-7-8-14(10-20-12)17(18-2)16-11-19-9-13-5-3-4-6-15(13)16/h3-11,17-18H,1-2H3. The van der Waals surface area contributed by atoms with Crippen LogP contribution >= 0.6 is 0 Å². The minimum absolute atomic E-state index is 0.0988. The van der Waals surface area contributed by atoms with Gasteiger partial charge < -0.3 is 5.32 Å². The Bertz CT molecular complexity index is 714. The first-order chi connectivity index (χ1) is 9.79. The highest BCUT2D eigenvalue weighted by atomic mass is 14.9. The zero-order valence-electron chi connectivity index (χ0n) is 11.7. The number of pyridine rings is 2. The van der Waals surface area contributed by atoms with E-state index in [9.17, 15) is 0 Å². The summed E-state index contributed by atoms with van der Waals surface area (Å²) in [5, 5.41) is 5.75. The fraction of sp³-hybridized carbons (Fsp3) is 0.176. The van der Waals surface area contributed by atoms with Gasteiger partial charge in [-0.15, -0.1) is 0 Å². The van der Waals surface area contributed by atoms with Gasteiger partial charge in [-0.05, 0) is 36.6 Å². The van der Waals surface area contributed by atoms with E-state index < -0.39 is 0 Å². The molecule has 1 atom stereocenters. The lowest BCUT2D eigenvalue weighted by atomic mass is 9.97. The Morgan fingerprint density at radius 1 is 1.00 bits per heavy atom. The number of rotatable bonds is 3. The van der Waals surface area contributed by atoms with Gasteiger partial charge in [0.15, 0.2) is 0 Å². The maximum absolute atomic E-state index is 4.39. The highest BCUT2D eigenvalue weighted by Crippen LogP contribution is 2.27. The first kappa shape index (κ1) is 12.8. The Morgan fingerprint density at radius 3 is 2.60 bits per heavy atom. The Morgan fingerprint density at radius 2 is 1.85 bits per heavy atom. The van der Waals surface area contributed by atoms with Gasteiger partial charge >= 0.3 is 0 Å². The molecule has 2 heterocycles. The largest absolute Gasteiger partial charge is 0.309 e. The van der Waals surface area contributed by atoms with Gasteiger partial charge in [0.05, 0.1) is 6.04 Å². The highest BCUT2D eigenvalue weighted by molar-refractivity contribution is 5.85. The number of nitrogens with one attached hydrogen (secondary N) is 1. The van der Waals surface area contributed by atoms with Crippen LogP contribution in [-0.2, 0) is 0 Å². The molecule has 3 nitrogen and oxygen atoms in total. The summed E-state index contributed by atoms with van der Waals surface area (Å²) in [4.78, 5) is 8.76. The normalized spacial score (nSPS) is 12.5. The number of benzene rings is 1. The lowest BCUT2D eigenvalue weighted by Gasteiger charge is -2.18. The quantitative estimate of drug-likeness (QED) is 0.788. The van der Waals surface area contributed by atoms with Crippen LogP contribution < -0.4 is 5.32 Å². The second-order valence-corrected chi connectivity index (χ2v) is 4.90. The molecule has 0 fully saturated rings. The molecule has 100 valence electrons. The van der Waals surface area contributed by atoms with Crippen molar-refractivity contribution in [3.63, 3.8) is 0 Å². The fourth-order valence-corrected chi connectivity index (χ4v) is 2.52. The van der Waals surface area contributed by atoms with Gasteiger partial charge in [0.25, 0.3) is 0 Å². The van der Waals surface area contributed by atoms with E-state index in [1.807, 2.05) is 44.7 Å². The second kappa shape index (κ2) is 5.39. The molecule has 2 aromatic heterocycles. The third-order valence-corrected chi connectivity index (χ3v) is 3.57. The molecule has 0 bridgehead atoms. The van der Waals surface area contributed by atoms with E-state index in [4.69, 9.17) is 0 Å². The van der Waals surface area contributed by atoms with Crippen molar-refractivity contribution in [2.75, 3.05) is 7.05 Å². The number of hydrogen-bond acceptors (Lipinski definition) is 3. The number of aromatic nitrogens is 2. The summed E-state index contributed by atoms with van der Waals surface area (Å²) in [5.41, 5.74) is 3.35. The first-order valence-corrected chi connectivity index (χ1v) is 6.72. The molecule has 0 aliphatic carbocycles. The van der Waals surface area contributed by atoms with E-state index in [0.29, 0.717) is 0 Å². The van der Waals surface area contributed by atoms with Crippen LogP contribution in [0.25, 0.3) is 10.8 Å². The predicted octanol–water partition coefficient (Wildman–Crippen LogP) is 3.25. The lowest BCUT2D eigenvalue weighted by molar-refractivity contribution is 0.690. The summed E-state index contributed by atoms with van der Waals surface area (Å²) >= 11 is 0. The Balaban J connectivity index is 2.14. The highest BCUT2D eigenvalue weighted by Gasteiger charge is 2.15. The van der Waals surface area contributed by atoms with Crippen LogP contribution in [0.4, 0.5) is 0 Å². The molecule has 0 amide bonds. The summed E-state index contributed by atoms with van der Waals surface area (Å²) in [6.45, 7) is 2.00. The fourth-order valence-electron chi connectivity index (χ4n) is 2.52. The Hall–Kier alpha value is -2.26. The number of hydrogen-bond donors (Lipinski definition) is 1.